The number of rotatable bonds is 3. The maximum atomic E-state index is 9.73. The van der Waals surface area contributed by atoms with E-state index in [1.807, 2.05) is 30.3 Å². The van der Waals surface area contributed by atoms with Crippen LogP contribution >= 0.6 is 11.6 Å². The van der Waals surface area contributed by atoms with Crippen LogP contribution in [-0.4, -0.2) is 11.6 Å². The second kappa shape index (κ2) is 7.64. The first-order valence-corrected chi connectivity index (χ1v) is 10.3. The van der Waals surface area contributed by atoms with Gasteiger partial charge in [0.2, 0.25) is 0 Å². The van der Waals surface area contributed by atoms with Crippen molar-refractivity contribution < 1.29 is 0 Å². The Morgan fingerprint density at radius 3 is 2.61 bits per heavy atom. The Morgan fingerprint density at radius 2 is 2.00 bits per heavy atom. The molecule has 1 aliphatic heterocycles. The molecule has 2 nitrogen and oxygen atoms in total. The summed E-state index contributed by atoms with van der Waals surface area (Å²) in [5.74, 6) is 0.476. The lowest BCUT2D eigenvalue weighted by Gasteiger charge is -2.50. The highest BCUT2D eigenvalue weighted by Crippen LogP contribution is 2.45. The number of allylic oxidation sites excluding steroid dienone is 1. The van der Waals surface area contributed by atoms with E-state index in [0.29, 0.717) is 22.6 Å². The van der Waals surface area contributed by atoms with Gasteiger partial charge in [-0.1, -0.05) is 30.7 Å². The SMILES string of the molecule is Cc1cc2c(cc1/C=C(/C#N)c1cccc(Cl)c1)[C@H](C)CC(C)(C)N2C(C)C. The lowest BCUT2D eigenvalue weighted by Crippen LogP contribution is -2.51. The second-order valence-electron chi connectivity index (χ2n) is 8.83. The molecular weight excluding hydrogens is 364 g/mol. The molecule has 0 aliphatic carbocycles. The van der Waals surface area contributed by atoms with Crippen molar-refractivity contribution in [1.82, 2.24) is 0 Å². The van der Waals surface area contributed by atoms with E-state index in [1.165, 1.54) is 16.8 Å². The highest BCUT2D eigenvalue weighted by Gasteiger charge is 2.37. The van der Waals surface area contributed by atoms with Gasteiger partial charge in [0.15, 0.2) is 0 Å². The molecule has 0 saturated heterocycles. The lowest BCUT2D eigenvalue weighted by molar-refractivity contribution is 0.356. The first kappa shape index (κ1) is 20.5. The molecule has 0 saturated carbocycles. The molecule has 146 valence electrons. The molecule has 1 atom stereocenters. The van der Waals surface area contributed by atoms with Crippen LogP contribution in [-0.2, 0) is 0 Å². The minimum Gasteiger partial charge on any atom is -0.364 e. The van der Waals surface area contributed by atoms with Gasteiger partial charge in [-0.15, -0.1) is 0 Å². The lowest BCUT2D eigenvalue weighted by atomic mass is 9.78. The zero-order valence-corrected chi connectivity index (χ0v) is 18.4. The van der Waals surface area contributed by atoms with Crippen LogP contribution < -0.4 is 4.90 Å². The standard InChI is InChI=1S/C25H29ClN2/c1-16(2)28-24-10-17(3)20(13-23(24)18(4)14-25(28,5)6)11-21(15-27)19-8-7-9-22(26)12-19/h7-13,16,18H,14H2,1-6H3/b21-11-/t18-/m1/s1. The summed E-state index contributed by atoms with van der Waals surface area (Å²) in [5.41, 5.74) is 6.60. The number of hydrogen-bond acceptors (Lipinski definition) is 2. The summed E-state index contributed by atoms with van der Waals surface area (Å²) >= 11 is 6.12. The van der Waals surface area contributed by atoms with Gasteiger partial charge in [-0.25, -0.2) is 0 Å². The van der Waals surface area contributed by atoms with E-state index in [9.17, 15) is 5.26 Å². The summed E-state index contributed by atoms with van der Waals surface area (Å²) in [6, 6.07) is 14.8. The van der Waals surface area contributed by atoms with Gasteiger partial charge in [-0.3, -0.25) is 0 Å². The van der Waals surface area contributed by atoms with Gasteiger partial charge in [0.1, 0.15) is 0 Å². The van der Waals surface area contributed by atoms with Crippen LogP contribution in [0.3, 0.4) is 0 Å². The van der Waals surface area contributed by atoms with Crippen molar-refractivity contribution in [3.8, 4) is 6.07 Å². The molecule has 0 unspecified atom stereocenters. The largest absolute Gasteiger partial charge is 0.364 e. The number of fused-ring (bicyclic) bond motifs is 1. The van der Waals surface area contributed by atoms with Gasteiger partial charge in [0.05, 0.1) is 11.6 Å². The van der Waals surface area contributed by atoms with Crippen LogP contribution in [0.2, 0.25) is 5.02 Å². The molecule has 0 aromatic heterocycles. The summed E-state index contributed by atoms with van der Waals surface area (Å²) in [4.78, 5) is 2.55. The van der Waals surface area contributed by atoms with Gasteiger partial charge in [0, 0.05) is 22.3 Å². The average Bonchev–Trinajstić information content (AvgIpc) is 2.59. The number of hydrogen-bond donors (Lipinski definition) is 0. The Balaban J connectivity index is 2.13. The Kier molecular flexibility index (Phi) is 5.60. The molecule has 0 radical (unpaired) electrons. The number of anilines is 1. The number of aryl methyl sites for hydroxylation is 1. The maximum Gasteiger partial charge on any atom is 0.0998 e. The molecule has 1 aliphatic rings. The van der Waals surface area contributed by atoms with E-state index in [-0.39, 0.29) is 5.54 Å². The van der Waals surface area contributed by atoms with Gasteiger partial charge < -0.3 is 4.90 Å². The highest BCUT2D eigenvalue weighted by molar-refractivity contribution is 6.30. The van der Waals surface area contributed by atoms with Crippen LogP contribution in [0.1, 0.15) is 69.2 Å². The first-order chi connectivity index (χ1) is 13.1. The molecule has 2 aromatic carbocycles. The summed E-state index contributed by atoms with van der Waals surface area (Å²) in [6.07, 6.45) is 3.11. The predicted octanol–water partition coefficient (Wildman–Crippen LogP) is 7.21. The van der Waals surface area contributed by atoms with Crippen molar-refractivity contribution in [3.05, 3.63) is 63.7 Å². The molecule has 0 fully saturated rings. The average molecular weight is 393 g/mol. The normalized spacial score (nSPS) is 18.8. The predicted molar refractivity (Wildman–Crippen MR) is 121 cm³/mol. The Hall–Kier alpha value is -2.24. The Labute approximate surface area is 174 Å². The highest BCUT2D eigenvalue weighted by atomic mass is 35.5. The number of nitriles is 1. The Morgan fingerprint density at radius 1 is 1.29 bits per heavy atom. The molecule has 28 heavy (non-hydrogen) atoms. The van der Waals surface area contributed by atoms with E-state index >= 15 is 0 Å². The molecule has 3 heteroatoms. The fraction of sp³-hybridized carbons (Fsp3) is 0.400. The smallest absolute Gasteiger partial charge is 0.0998 e. The third-order valence-corrected chi connectivity index (χ3v) is 5.97. The Bertz CT molecular complexity index is 963. The minimum absolute atomic E-state index is 0.128. The van der Waals surface area contributed by atoms with Gasteiger partial charge in [0.25, 0.3) is 0 Å². The zero-order valence-electron chi connectivity index (χ0n) is 17.7. The molecule has 0 amide bonds. The quantitative estimate of drug-likeness (QED) is 0.407. The van der Waals surface area contributed by atoms with Crippen LogP contribution in [0.5, 0.6) is 0 Å². The van der Waals surface area contributed by atoms with Crippen LogP contribution in [0.4, 0.5) is 5.69 Å². The van der Waals surface area contributed by atoms with Crippen molar-refractivity contribution in [3.63, 3.8) is 0 Å². The number of benzene rings is 2. The van der Waals surface area contributed by atoms with Crippen LogP contribution in [0, 0.1) is 18.3 Å². The summed E-state index contributed by atoms with van der Waals surface area (Å²) in [6.45, 7) is 13.6. The molecule has 2 aromatic rings. The van der Waals surface area contributed by atoms with E-state index in [0.717, 1.165) is 17.5 Å². The molecule has 0 N–H and O–H groups in total. The van der Waals surface area contributed by atoms with Gasteiger partial charge in [-0.2, -0.15) is 5.26 Å². The van der Waals surface area contributed by atoms with Gasteiger partial charge >= 0.3 is 0 Å². The maximum absolute atomic E-state index is 9.73. The number of halogens is 1. The summed E-state index contributed by atoms with van der Waals surface area (Å²) in [7, 11) is 0. The third kappa shape index (κ3) is 3.82. The zero-order chi connectivity index (χ0) is 20.6. The summed E-state index contributed by atoms with van der Waals surface area (Å²) in [5, 5.41) is 10.4. The first-order valence-electron chi connectivity index (χ1n) is 9.95. The topological polar surface area (TPSA) is 27.0 Å². The summed E-state index contributed by atoms with van der Waals surface area (Å²) < 4.78 is 0. The van der Waals surface area contributed by atoms with E-state index in [2.05, 4.69) is 64.6 Å². The second-order valence-corrected chi connectivity index (χ2v) is 9.27. The monoisotopic (exact) mass is 392 g/mol. The van der Waals surface area contributed by atoms with Crippen molar-refractivity contribution >= 4 is 28.9 Å². The fourth-order valence-electron chi connectivity index (χ4n) is 4.74. The molecule has 1 heterocycles. The van der Waals surface area contributed by atoms with E-state index < -0.39 is 0 Å². The number of nitrogens with zero attached hydrogens (tertiary/aromatic N) is 2. The van der Waals surface area contributed by atoms with Crippen molar-refractivity contribution in [1.29, 1.82) is 5.26 Å². The van der Waals surface area contributed by atoms with Crippen LogP contribution in [0.15, 0.2) is 36.4 Å². The fourth-order valence-corrected chi connectivity index (χ4v) is 4.93. The van der Waals surface area contributed by atoms with Crippen molar-refractivity contribution in [2.45, 2.75) is 65.5 Å². The van der Waals surface area contributed by atoms with Crippen LogP contribution in [0.25, 0.3) is 11.6 Å². The van der Waals surface area contributed by atoms with E-state index in [1.54, 1.807) is 0 Å². The van der Waals surface area contributed by atoms with Gasteiger partial charge in [-0.05, 0) is 99.6 Å². The van der Waals surface area contributed by atoms with E-state index in [4.69, 9.17) is 11.6 Å². The minimum atomic E-state index is 0.128. The molecule has 0 bridgehead atoms. The molecular formula is C25H29ClN2. The van der Waals surface area contributed by atoms with Crippen molar-refractivity contribution in [2.24, 2.45) is 0 Å². The molecule has 0 spiro atoms. The molecule has 3 rings (SSSR count). The van der Waals surface area contributed by atoms with Crippen molar-refractivity contribution in [2.75, 3.05) is 4.90 Å². The third-order valence-electron chi connectivity index (χ3n) is 5.74.